The van der Waals surface area contributed by atoms with Crippen molar-refractivity contribution in [3.8, 4) is 0 Å². The van der Waals surface area contributed by atoms with E-state index in [0.717, 1.165) is 95.8 Å². The van der Waals surface area contributed by atoms with E-state index in [1.807, 2.05) is 0 Å². The summed E-state index contributed by atoms with van der Waals surface area (Å²) in [6.45, 7) is 7.33. The van der Waals surface area contributed by atoms with E-state index in [1.165, 1.54) is 212 Å². The lowest BCUT2D eigenvalue weighted by molar-refractivity contribution is -0.161. The smallest absolute Gasteiger partial charge is 0.462 e. The lowest BCUT2D eigenvalue weighted by Crippen LogP contribution is -2.30. The number of phosphoric ester groups is 2. The van der Waals surface area contributed by atoms with Crippen molar-refractivity contribution >= 4 is 39.5 Å². The number of ether oxygens (including phenoxy) is 4. The minimum absolute atomic E-state index is 0.107. The van der Waals surface area contributed by atoms with Crippen LogP contribution >= 0.6 is 15.6 Å². The van der Waals surface area contributed by atoms with Crippen LogP contribution in [0.15, 0.2) is 0 Å². The molecule has 6 atom stereocenters. The summed E-state index contributed by atoms with van der Waals surface area (Å²) in [4.78, 5) is 72.7. The van der Waals surface area contributed by atoms with E-state index in [0.29, 0.717) is 25.7 Å². The van der Waals surface area contributed by atoms with Crippen molar-refractivity contribution in [2.45, 2.75) is 406 Å². The summed E-state index contributed by atoms with van der Waals surface area (Å²) in [5.41, 5.74) is 0. The number of hydrogen-bond donors (Lipinski definition) is 3. The molecule has 0 rings (SSSR count). The van der Waals surface area contributed by atoms with Crippen LogP contribution in [0.2, 0.25) is 0 Å². The zero-order chi connectivity index (χ0) is 68.4. The fraction of sp³-hybridized carbons (Fsp3) is 0.946. The number of aliphatic hydroxyl groups is 1. The van der Waals surface area contributed by atoms with E-state index in [4.69, 9.17) is 37.0 Å². The first-order valence-electron chi connectivity index (χ1n) is 38.7. The van der Waals surface area contributed by atoms with Crippen molar-refractivity contribution in [3.05, 3.63) is 0 Å². The van der Waals surface area contributed by atoms with E-state index in [2.05, 4.69) is 34.6 Å². The molecule has 3 N–H and O–H groups in total. The Morgan fingerprint density at radius 1 is 0.301 bits per heavy atom. The third kappa shape index (κ3) is 67.0. The molecule has 19 heteroatoms. The first-order chi connectivity index (χ1) is 45.1. The molecule has 0 radical (unpaired) electrons. The van der Waals surface area contributed by atoms with Gasteiger partial charge < -0.3 is 33.8 Å². The highest BCUT2D eigenvalue weighted by Crippen LogP contribution is 2.45. The Labute approximate surface area is 568 Å². The number of unbranched alkanes of at least 4 members (excludes halogenated alkanes) is 45. The second kappa shape index (κ2) is 67.3. The average Bonchev–Trinajstić information content (AvgIpc) is 3.12. The molecule has 0 amide bonds. The summed E-state index contributed by atoms with van der Waals surface area (Å²) in [6, 6.07) is 0. The van der Waals surface area contributed by atoms with Gasteiger partial charge in [-0.05, 0) is 31.6 Å². The van der Waals surface area contributed by atoms with Gasteiger partial charge in [0.25, 0.3) is 0 Å². The molecular formula is C74H144O17P2. The van der Waals surface area contributed by atoms with Crippen molar-refractivity contribution in [3.63, 3.8) is 0 Å². The van der Waals surface area contributed by atoms with Crippen molar-refractivity contribution in [2.75, 3.05) is 39.6 Å². The van der Waals surface area contributed by atoms with Gasteiger partial charge in [-0.15, -0.1) is 0 Å². The lowest BCUT2D eigenvalue weighted by Gasteiger charge is -2.21. The Kier molecular flexibility index (Phi) is 65.9. The van der Waals surface area contributed by atoms with Crippen molar-refractivity contribution in [1.82, 2.24) is 0 Å². The van der Waals surface area contributed by atoms with Gasteiger partial charge >= 0.3 is 39.5 Å². The molecule has 0 aromatic rings. The molecule has 0 bridgehead atoms. The standard InChI is InChI=1S/C74H144O17P2/c1-6-10-13-16-19-22-25-26-30-34-38-43-48-53-58-72(77)85-64-70(91-74(79)60-55-50-45-40-35-31-28-27-29-33-36-41-46-51-56-67(5)9-4)66-89-93(82,83)87-62-68(75)61-86-92(80,81)88-65-69(63-84-71(76)57-52-47-42-37-24-21-18-15-12-8-3)90-73(78)59-54-49-44-39-32-23-20-17-14-11-7-2/h67-70,75H,6-66H2,1-5H3,(H,80,81)(H,82,83)/t67?,68-,69+,70+/m0/s1. The molecule has 0 aliphatic carbocycles. The molecule has 0 aliphatic rings. The average molecular weight is 1370 g/mol. The molecule has 0 saturated carbocycles. The molecule has 17 nitrogen and oxygen atoms in total. The van der Waals surface area contributed by atoms with Gasteiger partial charge in [0.05, 0.1) is 26.4 Å². The van der Waals surface area contributed by atoms with Crippen LogP contribution in [0.5, 0.6) is 0 Å². The molecule has 3 unspecified atom stereocenters. The van der Waals surface area contributed by atoms with Crippen LogP contribution in [0.3, 0.4) is 0 Å². The molecule has 93 heavy (non-hydrogen) atoms. The van der Waals surface area contributed by atoms with E-state index in [9.17, 15) is 43.2 Å². The Balaban J connectivity index is 5.23. The molecule has 0 aromatic heterocycles. The van der Waals surface area contributed by atoms with Gasteiger partial charge in [0.15, 0.2) is 12.2 Å². The molecule has 552 valence electrons. The first kappa shape index (κ1) is 91.1. The highest BCUT2D eigenvalue weighted by molar-refractivity contribution is 7.47. The number of esters is 4. The SMILES string of the molecule is CCCCCCCCCCCCCCCCC(=O)OC[C@H](COP(=O)(O)OC[C@@H](O)COP(=O)(O)OC[C@@H](COC(=O)CCCCCCCCCCCC)OC(=O)CCCCCCCCCCCCC)OC(=O)CCCCCCCCCCCCCCCCC(C)CC. The number of rotatable bonds is 74. The van der Waals surface area contributed by atoms with E-state index < -0.39 is 97.5 Å². The fourth-order valence-electron chi connectivity index (χ4n) is 11.3. The Bertz CT molecular complexity index is 1790. The number of carbonyl (C=O) groups excluding carboxylic acids is 4. The molecule has 0 fully saturated rings. The van der Waals surface area contributed by atoms with E-state index >= 15 is 0 Å². The quantitative estimate of drug-likeness (QED) is 0.0222. The monoisotopic (exact) mass is 1370 g/mol. The zero-order valence-electron chi connectivity index (χ0n) is 60.4. The maximum absolute atomic E-state index is 13.1. The maximum atomic E-state index is 13.1. The lowest BCUT2D eigenvalue weighted by atomic mass is 9.99. The minimum Gasteiger partial charge on any atom is -0.462 e. The third-order valence-electron chi connectivity index (χ3n) is 17.6. The molecule has 0 saturated heterocycles. The number of phosphoric acid groups is 2. The summed E-state index contributed by atoms with van der Waals surface area (Å²) >= 11 is 0. The Morgan fingerprint density at radius 2 is 0.516 bits per heavy atom. The van der Waals surface area contributed by atoms with Crippen LogP contribution < -0.4 is 0 Å². The molecule has 0 aromatic carbocycles. The molecule has 0 spiro atoms. The summed E-state index contributed by atoms with van der Waals surface area (Å²) < 4.78 is 68.4. The predicted octanol–water partition coefficient (Wildman–Crippen LogP) is 21.7. The van der Waals surface area contributed by atoms with Gasteiger partial charge in [-0.1, -0.05) is 336 Å². The van der Waals surface area contributed by atoms with Crippen LogP contribution in [0.25, 0.3) is 0 Å². The number of carbonyl (C=O) groups is 4. The maximum Gasteiger partial charge on any atom is 0.472 e. The van der Waals surface area contributed by atoms with Crippen molar-refractivity contribution in [2.24, 2.45) is 5.92 Å². The second-order valence-electron chi connectivity index (χ2n) is 26.9. The van der Waals surface area contributed by atoms with Crippen LogP contribution in [-0.4, -0.2) is 96.7 Å². The van der Waals surface area contributed by atoms with E-state index in [-0.39, 0.29) is 25.7 Å². The first-order valence-corrected chi connectivity index (χ1v) is 41.7. The van der Waals surface area contributed by atoms with Crippen LogP contribution in [0.4, 0.5) is 0 Å². The molecule has 0 aliphatic heterocycles. The topological polar surface area (TPSA) is 237 Å². The number of hydrogen-bond acceptors (Lipinski definition) is 15. The fourth-order valence-corrected chi connectivity index (χ4v) is 12.9. The van der Waals surface area contributed by atoms with Gasteiger partial charge in [-0.25, -0.2) is 9.13 Å². The van der Waals surface area contributed by atoms with Gasteiger partial charge in [0.1, 0.15) is 19.3 Å². The van der Waals surface area contributed by atoms with Crippen LogP contribution in [0, 0.1) is 5.92 Å². The van der Waals surface area contributed by atoms with Gasteiger partial charge in [-0.3, -0.25) is 37.3 Å². The largest absolute Gasteiger partial charge is 0.472 e. The summed E-state index contributed by atoms with van der Waals surface area (Å²) in [5, 5.41) is 10.6. The van der Waals surface area contributed by atoms with Crippen molar-refractivity contribution in [1.29, 1.82) is 0 Å². The van der Waals surface area contributed by atoms with Crippen molar-refractivity contribution < 1.29 is 80.2 Å². The highest BCUT2D eigenvalue weighted by atomic mass is 31.2. The number of aliphatic hydroxyl groups excluding tert-OH is 1. The summed E-state index contributed by atoms with van der Waals surface area (Å²) in [5.74, 6) is -1.27. The Morgan fingerprint density at radius 3 is 0.763 bits per heavy atom. The van der Waals surface area contributed by atoms with Crippen LogP contribution in [-0.2, 0) is 65.4 Å². The van der Waals surface area contributed by atoms with Gasteiger partial charge in [0, 0.05) is 25.7 Å². The second-order valence-corrected chi connectivity index (χ2v) is 29.8. The van der Waals surface area contributed by atoms with E-state index in [1.54, 1.807) is 0 Å². The predicted molar refractivity (Wildman–Crippen MR) is 377 cm³/mol. The Hall–Kier alpha value is -1.94. The molecule has 0 heterocycles. The summed E-state index contributed by atoms with van der Waals surface area (Å²) in [6.07, 6.45) is 55.2. The zero-order valence-corrected chi connectivity index (χ0v) is 62.2. The summed E-state index contributed by atoms with van der Waals surface area (Å²) in [7, 11) is -9.90. The highest BCUT2D eigenvalue weighted by Gasteiger charge is 2.30. The minimum atomic E-state index is -4.95. The third-order valence-corrected chi connectivity index (χ3v) is 19.5. The molecular weight excluding hydrogens is 1220 g/mol. The van der Waals surface area contributed by atoms with Crippen LogP contribution in [0.1, 0.15) is 388 Å². The van der Waals surface area contributed by atoms with Gasteiger partial charge in [-0.2, -0.15) is 0 Å². The normalized spacial score (nSPS) is 14.3. The van der Waals surface area contributed by atoms with Gasteiger partial charge in [0.2, 0.25) is 0 Å².